The number of carbonyl (C=O) groups is 1. The van der Waals surface area contributed by atoms with E-state index in [1.165, 1.54) is 122 Å². The smallest absolute Gasteiger partial charge is 0.220 e. The first-order valence-electron chi connectivity index (χ1n) is 29.3. The predicted octanol–water partition coefficient (Wildman–Crippen LogP) is 4.43. The molecule has 0 saturated carbocycles. The molecule has 17 atom stereocenters. The number of amides is 1. The fourth-order valence-corrected chi connectivity index (χ4v) is 10.3. The Bertz CT molecular complexity index is 1370. The van der Waals surface area contributed by atoms with Gasteiger partial charge in [0.2, 0.25) is 5.91 Å². The van der Waals surface area contributed by atoms with Crippen molar-refractivity contribution in [1.29, 1.82) is 0 Å². The van der Waals surface area contributed by atoms with Crippen molar-refractivity contribution in [2.24, 2.45) is 0 Å². The van der Waals surface area contributed by atoms with Crippen molar-refractivity contribution in [2.45, 2.75) is 317 Å². The Kier molecular flexibility index (Phi) is 36.3. The van der Waals surface area contributed by atoms with Crippen molar-refractivity contribution >= 4 is 5.91 Å². The van der Waals surface area contributed by atoms with Crippen LogP contribution in [0, 0.1) is 0 Å². The van der Waals surface area contributed by atoms with Crippen LogP contribution in [0.25, 0.3) is 0 Å². The summed E-state index contributed by atoms with van der Waals surface area (Å²) in [6.07, 6.45) is 9.68. The summed E-state index contributed by atoms with van der Waals surface area (Å²) >= 11 is 0. The van der Waals surface area contributed by atoms with Crippen LogP contribution in [-0.2, 0) is 33.2 Å². The van der Waals surface area contributed by atoms with Gasteiger partial charge in [-0.1, -0.05) is 194 Å². The van der Waals surface area contributed by atoms with Crippen LogP contribution < -0.4 is 5.32 Å². The molecule has 3 heterocycles. The number of hydrogen-bond donors (Lipinski definition) is 12. The van der Waals surface area contributed by atoms with Gasteiger partial charge in [0, 0.05) is 6.42 Å². The van der Waals surface area contributed by atoms with Crippen LogP contribution >= 0.6 is 0 Å². The Morgan fingerprint density at radius 3 is 1.18 bits per heavy atom. The Balaban J connectivity index is 1.42. The fraction of sp³-hybridized carbons (Fsp3) is 0.982. The normalized spacial score (nSPS) is 31.4. The number of nitrogens with one attached hydrogen (secondary N) is 1. The summed E-state index contributed by atoms with van der Waals surface area (Å²) in [7, 11) is 0. The van der Waals surface area contributed by atoms with E-state index < -0.39 is 124 Å². The van der Waals surface area contributed by atoms with Crippen molar-refractivity contribution in [3.8, 4) is 0 Å². The summed E-state index contributed by atoms with van der Waals surface area (Å²) in [5, 5.41) is 120. The topological polar surface area (TPSA) is 307 Å². The van der Waals surface area contributed by atoms with E-state index in [9.17, 15) is 61.0 Å². The van der Waals surface area contributed by atoms with Gasteiger partial charge in [-0.05, 0) is 12.8 Å². The third-order valence-electron chi connectivity index (χ3n) is 15.2. The quantitative estimate of drug-likeness (QED) is 0.0376. The average Bonchev–Trinajstić information content (AvgIpc) is 3.40. The van der Waals surface area contributed by atoms with Gasteiger partial charge in [0.15, 0.2) is 18.9 Å². The van der Waals surface area contributed by atoms with E-state index in [1.807, 2.05) is 0 Å². The van der Waals surface area contributed by atoms with Crippen molar-refractivity contribution < 1.29 is 89.4 Å². The van der Waals surface area contributed by atoms with E-state index >= 15 is 0 Å². The zero-order chi connectivity index (χ0) is 54.1. The molecule has 0 radical (unpaired) electrons. The number of unbranched alkanes of at least 4 members (excludes halogenated alkanes) is 27. The minimum absolute atomic E-state index is 0.250. The zero-order valence-corrected chi connectivity index (χ0v) is 45.3. The molecule has 3 saturated heterocycles. The van der Waals surface area contributed by atoms with E-state index in [0.29, 0.717) is 12.8 Å². The Labute approximate surface area is 443 Å². The molecule has 19 heteroatoms. The Morgan fingerprint density at radius 2 is 0.770 bits per heavy atom. The van der Waals surface area contributed by atoms with Crippen molar-refractivity contribution in [3.63, 3.8) is 0 Å². The molecule has 19 nitrogen and oxygen atoms in total. The summed E-state index contributed by atoms with van der Waals surface area (Å²) in [6.45, 7) is 1.72. The SMILES string of the molecule is CCCCCCCCCCCCCCCCCCCCCCCCCC(O)C(COC1OC(CO)C(OC2OC(CO)C(OC3OC(CO)C(O)C(O)C3O)C(O)C2O)C(O)C1O)NC(=O)CCCCCCCC. The molecule has 438 valence electrons. The predicted molar refractivity (Wildman–Crippen MR) is 277 cm³/mol. The molecule has 3 fully saturated rings. The standard InChI is InChI=1S/C55H105NO18/c1-3-5-7-9-11-12-13-14-15-16-17-18-19-20-21-22-23-24-25-26-27-28-30-32-39(60)38(56-43(61)33-31-29-10-8-6-4-2)37-69-53-49(67)46(64)51(41(35-58)71-53)74-55-50(68)47(65)52(42(36-59)72-55)73-54-48(66)45(63)44(62)40(34-57)70-54/h38-42,44-55,57-60,62-68H,3-37H2,1-2H3,(H,56,61). The lowest BCUT2D eigenvalue weighted by molar-refractivity contribution is -0.379. The molecule has 0 aromatic heterocycles. The highest BCUT2D eigenvalue weighted by Crippen LogP contribution is 2.33. The summed E-state index contributed by atoms with van der Waals surface area (Å²) in [5.74, 6) is -0.250. The van der Waals surface area contributed by atoms with E-state index in [0.717, 1.165) is 57.8 Å². The maximum atomic E-state index is 13.1. The average molecular weight is 1070 g/mol. The molecular weight excluding hydrogens is 963 g/mol. The van der Waals surface area contributed by atoms with Crippen molar-refractivity contribution in [2.75, 3.05) is 26.4 Å². The minimum Gasteiger partial charge on any atom is -0.394 e. The molecule has 12 N–H and O–H groups in total. The van der Waals surface area contributed by atoms with Gasteiger partial charge in [0.25, 0.3) is 0 Å². The first kappa shape index (κ1) is 67.1. The molecule has 3 aliphatic rings. The van der Waals surface area contributed by atoms with Crippen molar-refractivity contribution in [3.05, 3.63) is 0 Å². The second kappa shape index (κ2) is 40.0. The lowest BCUT2D eigenvalue weighted by atomic mass is 9.96. The summed E-state index contributed by atoms with van der Waals surface area (Å²) in [4.78, 5) is 13.1. The Morgan fingerprint density at radius 1 is 0.432 bits per heavy atom. The third kappa shape index (κ3) is 24.4. The number of carbonyl (C=O) groups excluding carboxylic acids is 1. The molecule has 3 aliphatic heterocycles. The van der Waals surface area contributed by atoms with Gasteiger partial charge in [-0.15, -0.1) is 0 Å². The molecule has 74 heavy (non-hydrogen) atoms. The molecule has 0 bridgehead atoms. The molecule has 0 aromatic carbocycles. The van der Waals surface area contributed by atoms with E-state index in [4.69, 9.17) is 28.4 Å². The first-order valence-corrected chi connectivity index (χ1v) is 29.3. The van der Waals surface area contributed by atoms with Gasteiger partial charge >= 0.3 is 0 Å². The summed E-state index contributed by atoms with van der Waals surface area (Å²) in [5.41, 5.74) is 0. The van der Waals surface area contributed by atoms with Gasteiger partial charge in [-0.2, -0.15) is 0 Å². The maximum absolute atomic E-state index is 13.1. The van der Waals surface area contributed by atoms with Gasteiger partial charge in [0.05, 0.1) is 38.6 Å². The lowest BCUT2D eigenvalue weighted by Gasteiger charge is -2.48. The zero-order valence-electron chi connectivity index (χ0n) is 45.3. The van der Waals surface area contributed by atoms with Crippen LogP contribution in [0.2, 0.25) is 0 Å². The second-order valence-corrected chi connectivity index (χ2v) is 21.5. The molecule has 3 rings (SSSR count). The van der Waals surface area contributed by atoms with E-state index in [1.54, 1.807) is 0 Å². The van der Waals surface area contributed by atoms with Crippen LogP contribution in [-0.4, -0.2) is 193 Å². The number of ether oxygens (including phenoxy) is 6. The number of aliphatic hydroxyl groups excluding tert-OH is 11. The van der Waals surface area contributed by atoms with Gasteiger partial charge in [-0.3, -0.25) is 4.79 Å². The number of hydrogen-bond acceptors (Lipinski definition) is 18. The van der Waals surface area contributed by atoms with Gasteiger partial charge in [0.1, 0.15) is 73.2 Å². The Hall–Kier alpha value is -1.21. The summed E-state index contributed by atoms with van der Waals surface area (Å²) in [6, 6.07) is -0.877. The van der Waals surface area contributed by atoms with Crippen LogP contribution in [0.1, 0.15) is 213 Å². The monoisotopic (exact) mass is 1070 g/mol. The number of rotatable bonds is 43. The van der Waals surface area contributed by atoms with Crippen molar-refractivity contribution in [1.82, 2.24) is 5.32 Å². The minimum atomic E-state index is -1.97. The second-order valence-electron chi connectivity index (χ2n) is 21.5. The molecular formula is C55H105NO18. The maximum Gasteiger partial charge on any atom is 0.220 e. The lowest BCUT2D eigenvalue weighted by Crippen LogP contribution is -2.66. The first-order chi connectivity index (χ1) is 35.8. The van der Waals surface area contributed by atoms with Gasteiger partial charge < -0.3 is 89.9 Å². The third-order valence-corrected chi connectivity index (χ3v) is 15.2. The highest BCUT2D eigenvalue weighted by atomic mass is 16.8. The fourth-order valence-electron chi connectivity index (χ4n) is 10.3. The van der Waals surface area contributed by atoms with Crippen LogP contribution in [0.4, 0.5) is 0 Å². The largest absolute Gasteiger partial charge is 0.394 e. The van der Waals surface area contributed by atoms with Crippen LogP contribution in [0.3, 0.4) is 0 Å². The number of aliphatic hydroxyl groups is 11. The highest BCUT2D eigenvalue weighted by molar-refractivity contribution is 5.76. The van der Waals surface area contributed by atoms with E-state index in [-0.39, 0.29) is 18.9 Å². The highest BCUT2D eigenvalue weighted by Gasteiger charge is 2.53. The molecule has 17 unspecified atom stereocenters. The van der Waals surface area contributed by atoms with Gasteiger partial charge in [-0.25, -0.2) is 0 Å². The molecule has 0 aromatic rings. The van der Waals surface area contributed by atoms with Crippen LogP contribution in [0.5, 0.6) is 0 Å². The molecule has 1 amide bonds. The summed E-state index contributed by atoms with van der Waals surface area (Å²) < 4.78 is 34.2. The molecule has 0 aliphatic carbocycles. The van der Waals surface area contributed by atoms with Crippen LogP contribution in [0.15, 0.2) is 0 Å². The molecule has 0 spiro atoms. The van der Waals surface area contributed by atoms with E-state index in [2.05, 4.69) is 19.2 Å².